The van der Waals surface area contributed by atoms with Crippen LogP contribution >= 0.6 is 19.4 Å². The van der Waals surface area contributed by atoms with E-state index in [9.17, 15) is 4.57 Å². The molecule has 5 nitrogen and oxygen atoms in total. The van der Waals surface area contributed by atoms with Crippen molar-refractivity contribution in [1.29, 1.82) is 0 Å². The molecule has 15 heavy (non-hydrogen) atoms. The second kappa shape index (κ2) is 5.07. The van der Waals surface area contributed by atoms with E-state index in [4.69, 9.17) is 26.5 Å². The molecule has 0 bridgehead atoms. The highest BCUT2D eigenvalue weighted by Crippen LogP contribution is 2.38. The van der Waals surface area contributed by atoms with E-state index >= 15 is 0 Å². The molecule has 1 aromatic carbocycles. The van der Waals surface area contributed by atoms with Crippen LogP contribution in [-0.4, -0.2) is 14.9 Å². The fourth-order valence-electron chi connectivity index (χ4n) is 1.06. The van der Waals surface area contributed by atoms with E-state index < -0.39 is 7.82 Å². The first-order valence-corrected chi connectivity index (χ1v) is 5.92. The number of halogens is 1. The molecule has 0 saturated carbocycles. The maximum atomic E-state index is 10.5. The van der Waals surface area contributed by atoms with Crippen LogP contribution in [0, 0.1) is 0 Å². The number of hydrogen-bond acceptors (Lipinski definition) is 3. The smallest absolute Gasteiger partial charge is 0.392 e. The second-order valence-corrected chi connectivity index (χ2v) is 4.45. The lowest BCUT2D eigenvalue weighted by atomic mass is 10.1. The summed E-state index contributed by atoms with van der Waals surface area (Å²) < 4.78 is 14.8. The van der Waals surface area contributed by atoms with Crippen LogP contribution in [0.2, 0.25) is 5.02 Å². The van der Waals surface area contributed by atoms with Gasteiger partial charge in [-0.15, -0.1) is 0 Å². The number of rotatable bonds is 4. The van der Waals surface area contributed by atoms with Gasteiger partial charge in [-0.1, -0.05) is 23.7 Å². The monoisotopic (exact) mass is 252 g/mol. The maximum absolute atomic E-state index is 10.5. The van der Waals surface area contributed by atoms with Crippen molar-refractivity contribution in [3.63, 3.8) is 0 Å². The fourth-order valence-corrected chi connectivity index (χ4v) is 1.61. The average molecular weight is 253 g/mol. The van der Waals surface area contributed by atoms with E-state index in [1.54, 1.807) is 18.2 Å². The van der Waals surface area contributed by atoms with Crippen molar-refractivity contribution in [2.24, 2.45) is 0 Å². The predicted octanol–water partition coefficient (Wildman–Crippen LogP) is 1.44. The summed E-state index contributed by atoms with van der Waals surface area (Å²) in [6, 6.07) is 4.79. The number of phosphoric ester groups is 1. The van der Waals surface area contributed by atoms with Crippen LogP contribution < -0.4 is 0 Å². The fraction of sp³-hybridized carbons (Fsp3) is 0.250. The van der Waals surface area contributed by atoms with Gasteiger partial charge in [-0.2, -0.15) is 0 Å². The normalized spacial score (nSPS) is 11.7. The summed E-state index contributed by atoms with van der Waals surface area (Å²) in [5.74, 6) is 0. The molecule has 3 N–H and O–H groups in total. The van der Waals surface area contributed by atoms with E-state index in [0.29, 0.717) is 16.1 Å². The van der Waals surface area contributed by atoms with Crippen LogP contribution in [0.4, 0.5) is 0 Å². The molecule has 0 saturated heterocycles. The van der Waals surface area contributed by atoms with Gasteiger partial charge in [0.05, 0.1) is 13.2 Å². The highest BCUT2D eigenvalue weighted by atomic mass is 35.5. The molecule has 0 spiro atoms. The Morgan fingerprint density at radius 1 is 1.40 bits per heavy atom. The van der Waals surface area contributed by atoms with E-state index in [-0.39, 0.29) is 13.2 Å². The Kier molecular flexibility index (Phi) is 4.28. The lowest BCUT2D eigenvalue weighted by Gasteiger charge is -2.10. The van der Waals surface area contributed by atoms with Gasteiger partial charge in [0.2, 0.25) is 0 Å². The zero-order valence-corrected chi connectivity index (χ0v) is 9.28. The molecule has 0 radical (unpaired) electrons. The van der Waals surface area contributed by atoms with Gasteiger partial charge in [-0.05, 0) is 11.6 Å². The van der Waals surface area contributed by atoms with E-state index in [1.807, 2.05) is 0 Å². The number of aliphatic hydroxyl groups excluding tert-OH is 1. The number of phosphoric acid groups is 1. The van der Waals surface area contributed by atoms with Crippen LogP contribution in [0.25, 0.3) is 0 Å². The van der Waals surface area contributed by atoms with Crippen molar-refractivity contribution in [2.45, 2.75) is 13.2 Å². The summed E-state index contributed by atoms with van der Waals surface area (Å²) in [6.45, 7) is -0.597. The standard InChI is InChI=1S/C8H10ClO5P/c9-8-3-1-2-6(4-10)7(8)5-14-15(11,12)13/h1-3,10H,4-5H2,(H2,11,12,13). The molecule has 0 unspecified atom stereocenters. The summed E-state index contributed by atoms with van der Waals surface area (Å²) in [7, 11) is -4.52. The van der Waals surface area contributed by atoms with Gasteiger partial charge in [-0.3, -0.25) is 4.52 Å². The quantitative estimate of drug-likeness (QED) is 0.706. The molecule has 1 aromatic rings. The van der Waals surface area contributed by atoms with Crippen molar-refractivity contribution in [1.82, 2.24) is 0 Å². The average Bonchev–Trinajstić information content (AvgIpc) is 2.14. The largest absolute Gasteiger partial charge is 0.469 e. The van der Waals surface area contributed by atoms with Gasteiger partial charge < -0.3 is 14.9 Å². The zero-order chi connectivity index (χ0) is 11.5. The zero-order valence-electron chi connectivity index (χ0n) is 7.63. The number of hydrogen-bond donors (Lipinski definition) is 3. The van der Waals surface area contributed by atoms with Crippen molar-refractivity contribution < 1.29 is 24.0 Å². The van der Waals surface area contributed by atoms with Gasteiger partial charge in [0.25, 0.3) is 0 Å². The third-order valence-electron chi connectivity index (χ3n) is 1.76. The van der Waals surface area contributed by atoms with Crippen LogP contribution in [-0.2, 0) is 22.3 Å². The summed E-state index contributed by atoms with van der Waals surface area (Å²) in [5.41, 5.74) is 0.862. The van der Waals surface area contributed by atoms with Gasteiger partial charge in [0.1, 0.15) is 0 Å². The van der Waals surface area contributed by atoms with Crippen molar-refractivity contribution in [3.8, 4) is 0 Å². The first kappa shape index (κ1) is 12.6. The second-order valence-electron chi connectivity index (χ2n) is 2.80. The Bertz CT molecular complexity index is 389. The Morgan fingerprint density at radius 3 is 2.60 bits per heavy atom. The van der Waals surface area contributed by atoms with Crippen LogP contribution in [0.3, 0.4) is 0 Å². The van der Waals surface area contributed by atoms with E-state index in [2.05, 4.69) is 4.52 Å². The first-order chi connectivity index (χ1) is 6.94. The van der Waals surface area contributed by atoms with Crippen LogP contribution in [0.15, 0.2) is 18.2 Å². The third kappa shape index (κ3) is 3.91. The molecule has 0 atom stereocenters. The molecule has 0 aromatic heterocycles. The van der Waals surface area contributed by atoms with Crippen LogP contribution in [0.1, 0.15) is 11.1 Å². The van der Waals surface area contributed by atoms with Gasteiger partial charge in [0, 0.05) is 10.6 Å². The molecule has 0 aliphatic heterocycles. The summed E-state index contributed by atoms with van der Waals surface area (Å²) >= 11 is 5.79. The van der Waals surface area contributed by atoms with Gasteiger partial charge >= 0.3 is 7.82 Å². The molecule has 0 aliphatic rings. The Morgan fingerprint density at radius 2 is 2.07 bits per heavy atom. The number of benzene rings is 1. The molecule has 0 amide bonds. The maximum Gasteiger partial charge on any atom is 0.469 e. The summed E-state index contributed by atoms with van der Waals surface area (Å²) in [4.78, 5) is 17.0. The molecule has 0 heterocycles. The lowest BCUT2D eigenvalue weighted by Crippen LogP contribution is -1.98. The van der Waals surface area contributed by atoms with Gasteiger partial charge in [0.15, 0.2) is 0 Å². The lowest BCUT2D eigenvalue weighted by molar-refractivity contribution is 0.187. The minimum atomic E-state index is -4.52. The minimum absolute atomic E-state index is 0.263. The molecule has 0 aliphatic carbocycles. The van der Waals surface area contributed by atoms with Gasteiger partial charge in [-0.25, -0.2) is 4.57 Å². The highest BCUT2D eigenvalue weighted by Gasteiger charge is 2.16. The molecule has 0 fully saturated rings. The highest BCUT2D eigenvalue weighted by molar-refractivity contribution is 7.46. The van der Waals surface area contributed by atoms with Crippen molar-refractivity contribution >= 4 is 19.4 Å². The topological polar surface area (TPSA) is 87.0 Å². The molecular formula is C8H10ClO5P. The Balaban J connectivity index is 2.88. The Hall–Kier alpha value is -0.420. The van der Waals surface area contributed by atoms with Crippen molar-refractivity contribution in [3.05, 3.63) is 34.3 Å². The van der Waals surface area contributed by atoms with E-state index in [0.717, 1.165) is 0 Å². The van der Waals surface area contributed by atoms with E-state index in [1.165, 1.54) is 0 Å². The predicted molar refractivity (Wildman–Crippen MR) is 54.2 cm³/mol. The summed E-state index contributed by atoms with van der Waals surface area (Å²) in [6.07, 6.45) is 0. The molecule has 7 heteroatoms. The van der Waals surface area contributed by atoms with Crippen LogP contribution in [0.5, 0.6) is 0 Å². The third-order valence-corrected chi connectivity index (χ3v) is 2.58. The van der Waals surface area contributed by atoms with Crippen molar-refractivity contribution in [2.75, 3.05) is 0 Å². The first-order valence-electron chi connectivity index (χ1n) is 4.01. The molecule has 84 valence electrons. The minimum Gasteiger partial charge on any atom is -0.392 e. The number of aliphatic hydroxyl groups is 1. The SMILES string of the molecule is O=P(O)(O)OCc1c(Cl)cccc1CO. The molecule has 1 rings (SSSR count). The Labute approximate surface area is 91.5 Å². The summed E-state index contributed by atoms with van der Waals surface area (Å²) in [5, 5.41) is 9.26. The molecular weight excluding hydrogens is 243 g/mol.